The smallest absolute Gasteiger partial charge is 0.158 e. The third-order valence-electron chi connectivity index (χ3n) is 5.63. The highest BCUT2D eigenvalue weighted by Gasteiger charge is 2.17. The molecule has 4 aromatic rings. The Labute approximate surface area is 212 Å². The second-order valence-corrected chi connectivity index (χ2v) is 8.23. The molecule has 34 heavy (non-hydrogen) atoms. The van der Waals surface area contributed by atoms with E-state index < -0.39 is 0 Å². The zero-order valence-electron chi connectivity index (χ0n) is 19.0. The summed E-state index contributed by atoms with van der Waals surface area (Å²) < 4.78 is 8.26. The molecule has 0 spiro atoms. The molecular formula is C26H29Cl2N5O. The Hall–Kier alpha value is -3.06. The molecule has 5 rings (SSSR count). The number of hydrogen-bond donors (Lipinski definition) is 2. The summed E-state index contributed by atoms with van der Waals surface area (Å²) in [6.45, 7) is 3.32. The van der Waals surface area contributed by atoms with Gasteiger partial charge in [-0.2, -0.15) is 0 Å². The minimum absolute atomic E-state index is 0. The van der Waals surface area contributed by atoms with Crippen molar-refractivity contribution < 1.29 is 4.74 Å². The molecule has 1 aliphatic rings. The molecule has 3 N–H and O–H groups in total. The number of nitrogens with one attached hydrogen (secondary N) is 1. The van der Waals surface area contributed by atoms with Crippen LogP contribution in [0.15, 0.2) is 67.1 Å². The summed E-state index contributed by atoms with van der Waals surface area (Å²) in [4.78, 5) is 8.82. The van der Waals surface area contributed by atoms with Crippen molar-refractivity contribution >= 4 is 53.4 Å². The Morgan fingerprint density at radius 2 is 1.97 bits per heavy atom. The zero-order valence-corrected chi connectivity index (χ0v) is 20.6. The van der Waals surface area contributed by atoms with Gasteiger partial charge in [0.05, 0.1) is 5.52 Å². The highest BCUT2D eigenvalue weighted by molar-refractivity contribution is 5.88. The van der Waals surface area contributed by atoms with Gasteiger partial charge < -0.3 is 20.4 Å². The third-order valence-corrected chi connectivity index (χ3v) is 5.63. The van der Waals surface area contributed by atoms with Crippen LogP contribution in [0.2, 0.25) is 0 Å². The van der Waals surface area contributed by atoms with Crippen LogP contribution in [0.25, 0.3) is 17.1 Å². The Kier molecular flexibility index (Phi) is 8.56. The molecule has 178 valence electrons. The van der Waals surface area contributed by atoms with Gasteiger partial charge in [0.1, 0.15) is 23.3 Å². The van der Waals surface area contributed by atoms with E-state index in [1.165, 1.54) is 18.4 Å². The van der Waals surface area contributed by atoms with Gasteiger partial charge in [-0.05, 0) is 73.2 Å². The second kappa shape index (κ2) is 11.4. The number of anilines is 2. The van der Waals surface area contributed by atoms with Gasteiger partial charge in [-0.15, -0.1) is 24.8 Å². The predicted molar refractivity (Wildman–Crippen MR) is 144 cm³/mol. The van der Waals surface area contributed by atoms with Crippen LogP contribution in [-0.4, -0.2) is 21.1 Å². The summed E-state index contributed by atoms with van der Waals surface area (Å²) in [7, 11) is 0. The largest absolute Gasteiger partial charge is 0.457 e. The Morgan fingerprint density at radius 3 is 2.74 bits per heavy atom. The maximum atomic E-state index is 6.18. The lowest BCUT2D eigenvalue weighted by molar-refractivity contribution is 0.479. The van der Waals surface area contributed by atoms with Gasteiger partial charge in [0, 0.05) is 25.0 Å². The summed E-state index contributed by atoms with van der Waals surface area (Å²) in [5, 5.41) is 3.43. The summed E-state index contributed by atoms with van der Waals surface area (Å²) in [5.41, 5.74) is 10.7. The highest BCUT2D eigenvalue weighted by atomic mass is 35.5. The Morgan fingerprint density at radius 1 is 1.12 bits per heavy atom. The molecule has 0 radical (unpaired) electrons. The number of allylic oxidation sites excluding steroid dienone is 1. The predicted octanol–water partition coefficient (Wildman–Crippen LogP) is 6.50. The van der Waals surface area contributed by atoms with E-state index in [0.29, 0.717) is 13.1 Å². The Balaban J connectivity index is 0.00000162. The molecule has 2 heterocycles. The lowest BCUT2D eigenvalue weighted by atomic mass is 10.1. The number of aryl methyl sites for hydroxylation is 1. The zero-order chi connectivity index (χ0) is 21.9. The first-order chi connectivity index (χ1) is 15.7. The number of ether oxygens (including phenoxy) is 1. The molecule has 8 heteroatoms. The van der Waals surface area contributed by atoms with Crippen molar-refractivity contribution in [3.05, 3.63) is 78.3 Å². The number of nitrogens with zero attached hydrogens (tertiary/aromatic N) is 3. The molecule has 0 saturated heterocycles. The molecule has 0 amide bonds. The van der Waals surface area contributed by atoms with Gasteiger partial charge in [0.15, 0.2) is 5.82 Å². The maximum absolute atomic E-state index is 6.18. The summed E-state index contributed by atoms with van der Waals surface area (Å²) >= 11 is 0. The van der Waals surface area contributed by atoms with Gasteiger partial charge in [-0.3, -0.25) is 0 Å². The van der Waals surface area contributed by atoms with E-state index in [9.17, 15) is 0 Å². The van der Waals surface area contributed by atoms with Crippen molar-refractivity contribution in [2.24, 2.45) is 11.7 Å². The van der Waals surface area contributed by atoms with Gasteiger partial charge in [-0.25, -0.2) is 9.97 Å². The molecule has 1 aliphatic carbocycles. The summed E-state index contributed by atoms with van der Waals surface area (Å²) in [6.07, 6.45) is 10.7. The first-order valence-corrected chi connectivity index (χ1v) is 11.0. The topological polar surface area (TPSA) is 78.0 Å². The number of hydrogen-bond acceptors (Lipinski definition) is 5. The molecule has 0 bridgehead atoms. The van der Waals surface area contributed by atoms with Crippen molar-refractivity contribution in [1.29, 1.82) is 0 Å². The van der Waals surface area contributed by atoms with Crippen LogP contribution >= 0.6 is 24.8 Å². The fraction of sp³-hybridized carbons (Fsp3) is 0.231. The summed E-state index contributed by atoms with van der Waals surface area (Å²) in [5.74, 6) is 3.19. The molecule has 6 nitrogen and oxygen atoms in total. The van der Waals surface area contributed by atoms with Gasteiger partial charge in [0.25, 0.3) is 0 Å². The Bertz CT molecular complexity index is 1280. The van der Waals surface area contributed by atoms with Crippen LogP contribution in [0.4, 0.5) is 11.5 Å². The first-order valence-electron chi connectivity index (χ1n) is 11.0. The minimum atomic E-state index is 0. The van der Waals surface area contributed by atoms with E-state index in [4.69, 9.17) is 10.5 Å². The standard InChI is InChI=1S/C26H27N5O.2ClH/c1-18-15-21(30-26-25-23(28-17-29-26)11-13-31(25)14-12-27)9-10-24(18)32-22-4-2-3-20(16-22)8-7-19-5-6-19;;/h2-4,7-11,13,15-17,19H,5-6,12,14,27H2,1H3,(H,28,29,30);2*1H. The van der Waals surface area contributed by atoms with Gasteiger partial charge in [-0.1, -0.05) is 24.3 Å². The van der Waals surface area contributed by atoms with E-state index in [2.05, 4.69) is 50.2 Å². The number of benzene rings is 2. The quantitative estimate of drug-likeness (QED) is 0.290. The molecule has 0 aliphatic heterocycles. The molecule has 2 aromatic carbocycles. The first kappa shape index (κ1) is 25.6. The summed E-state index contributed by atoms with van der Waals surface area (Å²) in [6, 6.07) is 16.2. The lowest BCUT2D eigenvalue weighted by Crippen LogP contribution is -2.10. The number of rotatable bonds is 8. The molecular weight excluding hydrogens is 469 g/mol. The van der Waals surface area contributed by atoms with Crippen molar-refractivity contribution in [3.63, 3.8) is 0 Å². The van der Waals surface area contributed by atoms with Crippen molar-refractivity contribution in [3.8, 4) is 11.5 Å². The fourth-order valence-corrected chi connectivity index (χ4v) is 3.77. The van der Waals surface area contributed by atoms with Crippen LogP contribution in [0.3, 0.4) is 0 Å². The average Bonchev–Trinajstić information content (AvgIpc) is 3.54. The maximum Gasteiger partial charge on any atom is 0.158 e. The van der Waals surface area contributed by atoms with Crippen LogP contribution in [0.1, 0.15) is 24.0 Å². The highest BCUT2D eigenvalue weighted by Crippen LogP contribution is 2.32. The lowest BCUT2D eigenvalue weighted by Gasteiger charge is -2.13. The number of nitrogens with two attached hydrogens (primary N) is 1. The van der Waals surface area contributed by atoms with Crippen molar-refractivity contribution in [2.45, 2.75) is 26.3 Å². The SMILES string of the molecule is Cc1cc(Nc2ncnc3ccn(CCN)c23)ccc1Oc1cccc(C=CC2CC2)c1.Cl.Cl. The molecule has 1 saturated carbocycles. The second-order valence-electron chi connectivity index (χ2n) is 8.23. The van der Waals surface area contributed by atoms with Crippen molar-refractivity contribution in [1.82, 2.24) is 14.5 Å². The van der Waals surface area contributed by atoms with Crippen LogP contribution < -0.4 is 15.8 Å². The number of halogens is 2. The monoisotopic (exact) mass is 497 g/mol. The van der Waals surface area contributed by atoms with E-state index in [1.807, 2.05) is 43.5 Å². The fourth-order valence-electron chi connectivity index (χ4n) is 3.77. The van der Waals surface area contributed by atoms with Gasteiger partial charge >= 0.3 is 0 Å². The minimum Gasteiger partial charge on any atom is -0.457 e. The number of fused-ring (bicyclic) bond motifs is 1. The molecule has 0 atom stereocenters. The molecule has 1 fully saturated rings. The van der Waals surface area contributed by atoms with Crippen molar-refractivity contribution in [2.75, 3.05) is 11.9 Å². The van der Waals surface area contributed by atoms with Crippen LogP contribution in [-0.2, 0) is 6.54 Å². The van der Waals surface area contributed by atoms with E-state index in [-0.39, 0.29) is 24.8 Å². The molecule has 0 unspecified atom stereocenters. The normalized spacial score (nSPS) is 12.9. The van der Waals surface area contributed by atoms with E-state index >= 15 is 0 Å². The van der Waals surface area contributed by atoms with Crippen LogP contribution in [0, 0.1) is 12.8 Å². The molecule has 2 aromatic heterocycles. The third kappa shape index (κ3) is 5.89. The van der Waals surface area contributed by atoms with Gasteiger partial charge in [0.2, 0.25) is 0 Å². The number of aromatic nitrogens is 3. The van der Waals surface area contributed by atoms with Crippen LogP contribution in [0.5, 0.6) is 11.5 Å². The van der Waals surface area contributed by atoms with E-state index in [0.717, 1.165) is 45.5 Å². The van der Waals surface area contributed by atoms with E-state index in [1.54, 1.807) is 6.33 Å². The average molecular weight is 498 g/mol.